The van der Waals surface area contributed by atoms with Gasteiger partial charge in [0.2, 0.25) is 0 Å². The molecule has 0 saturated heterocycles. The number of rotatable bonds is 6. The molecule has 1 aliphatic rings. The zero-order chi connectivity index (χ0) is 14.0. The maximum atomic E-state index is 12.2. The molecular formula is C13H19N3O3. The molecule has 1 aromatic rings. The molecule has 6 heteroatoms. The van der Waals surface area contributed by atoms with Crippen LogP contribution in [0.2, 0.25) is 0 Å². The second-order valence-electron chi connectivity index (χ2n) is 5.15. The van der Waals surface area contributed by atoms with Crippen molar-refractivity contribution in [2.45, 2.75) is 44.6 Å². The van der Waals surface area contributed by atoms with Gasteiger partial charge in [0.15, 0.2) is 0 Å². The minimum Gasteiger partial charge on any atom is -0.481 e. The number of amides is 1. The second-order valence-corrected chi connectivity index (χ2v) is 5.15. The number of hydrogen-bond donors (Lipinski definition) is 2. The lowest BCUT2D eigenvalue weighted by Crippen LogP contribution is -2.33. The lowest BCUT2D eigenvalue weighted by atomic mass is 10.1. The van der Waals surface area contributed by atoms with Crippen molar-refractivity contribution in [1.29, 1.82) is 0 Å². The van der Waals surface area contributed by atoms with E-state index in [0.29, 0.717) is 17.9 Å². The number of carboxylic acid groups (broad SMARTS) is 1. The van der Waals surface area contributed by atoms with Crippen molar-refractivity contribution in [3.63, 3.8) is 0 Å². The minimum absolute atomic E-state index is 0.0595. The van der Waals surface area contributed by atoms with Gasteiger partial charge >= 0.3 is 5.97 Å². The molecule has 0 aliphatic heterocycles. The Hall–Kier alpha value is -1.85. The number of carbonyl (C=O) groups excluding carboxylic acids is 1. The number of nitrogens with zero attached hydrogens (tertiary/aromatic N) is 2. The van der Waals surface area contributed by atoms with Crippen LogP contribution in [0.1, 0.15) is 54.6 Å². The number of nitrogens with one attached hydrogen (secondary N) is 1. The number of aromatic nitrogens is 2. The van der Waals surface area contributed by atoms with Crippen molar-refractivity contribution in [2.75, 3.05) is 0 Å². The highest BCUT2D eigenvalue weighted by molar-refractivity contribution is 5.95. The summed E-state index contributed by atoms with van der Waals surface area (Å²) >= 11 is 0. The van der Waals surface area contributed by atoms with Crippen molar-refractivity contribution in [1.82, 2.24) is 15.1 Å². The quantitative estimate of drug-likeness (QED) is 0.811. The lowest BCUT2D eigenvalue weighted by Gasteiger charge is -2.13. The second kappa shape index (κ2) is 5.42. The molecule has 1 fully saturated rings. The zero-order valence-corrected chi connectivity index (χ0v) is 11.2. The highest BCUT2D eigenvalue weighted by Crippen LogP contribution is 2.41. The van der Waals surface area contributed by atoms with Crippen LogP contribution in [0.15, 0.2) is 6.20 Å². The van der Waals surface area contributed by atoms with Gasteiger partial charge in [-0.15, -0.1) is 0 Å². The van der Waals surface area contributed by atoms with Crippen molar-refractivity contribution in [2.24, 2.45) is 7.05 Å². The van der Waals surface area contributed by atoms with Crippen LogP contribution in [0, 0.1) is 0 Å². The molecule has 0 radical (unpaired) electrons. The summed E-state index contributed by atoms with van der Waals surface area (Å²) in [4.78, 5) is 22.6. The van der Waals surface area contributed by atoms with Gasteiger partial charge in [-0.1, -0.05) is 0 Å². The van der Waals surface area contributed by atoms with E-state index in [9.17, 15) is 9.59 Å². The van der Waals surface area contributed by atoms with Crippen LogP contribution in [0.4, 0.5) is 0 Å². The van der Waals surface area contributed by atoms with Gasteiger partial charge in [-0.2, -0.15) is 5.10 Å². The molecule has 1 amide bonds. The maximum absolute atomic E-state index is 12.2. The molecule has 0 spiro atoms. The summed E-state index contributed by atoms with van der Waals surface area (Å²) in [7, 11) is 1.85. The molecular weight excluding hydrogens is 246 g/mol. The Labute approximate surface area is 111 Å². The first kappa shape index (κ1) is 13.6. The van der Waals surface area contributed by atoms with Gasteiger partial charge < -0.3 is 10.4 Å². The van der Waals surface area contributed by atoms with E-state index in [1.54, 1.807) is 10.9 Å². The average molecular weight is 265 g/mol. The molecule has 2 N–H and O–H groups in total. The van der Waals surface area contributed by atoms with Gasteiger partial charge in [0, 0.05) is 25.4 Å². The van der Waals surface area contributed by atoms with Gasteiger partial charge in [0.05, 0.1) is 17.5 Å². The van der Waals surface area contributed by atoms with E-state index < -0.39 is 5.97 Å². The van der Waals surface area contributed by atoms with Crippen LogP contribution in [0.25, 0.3) is 0 Å². The fourth-order valence-corrected chi connectivity index (χ4v) is 2.18. The summed E-state index contributed by atoms with van der Waals surface area (Å²) in [6.07, 6.45) is 4.29. The van der Waals surface area contributed by atoms with Gasteiger partial charge in [-0.25, -0.2) is 0 Å². The normalized spacial score (nSPS) is 16.1. The van der Waals surface area contributed by atoms with Gasteiger partial charge in [0.1, 0.15) is 0 Å². The fourth-order valence-electron chi connectivity index (χ4n) is 2.18. The van der Waals surface area contributed by atoms with Gasteiger partial charge in [-0.05, 0) is 26.2 Å². The monoisotopic (exact) mass is 265 g/mol. The van der Waals surface area contributed by atoms with Crippen molar-refractivity contribution in [3.8, 4) is 0 Å². The number of carbonyl (C=O) groups is 2. The Morgan fingerprint density at radius 2 is 2.26 bits per heavy atom. The Bertz CT molecular complexity index is 491. The standard InChI is InChI=1S/C13H19N3O3/c1-8(3-6-11(17)18)15-13(19)10-7-14-16(2)12(10)9-4-5-9/h7-9H,3-6H2,1-2H3,(H,15,19)(H,17,18). The molecule has 1 unspecified atom stereocenters. The Kier molecular flexibility index (Phi) is 3.87. The Morgan fingerprint density at radius 1 is 1.58 bits per heavy atom. The molecule has 2 rings (SSSR count). The highest BCUT2D eigenvalue weighted by Gasteiger charge is 2.31. The van der Waals surface area contributed by atoms with Crippen molar-refractivity contribution >= 4 is 11.9 Å². The topological polar surface area (TPSA) is 84.2 Å². The van der Waals surface area contributed by atoms with Gasteiger partial charge in [0.25, 0.3) is 5.91 Å². The van der Waals surface area contributed by atoms with E-state index in [2.05, 4.69) is 10.4 Å². The van der Waals surface area contributed by atoms with Crippen LogP contribution in [0.3, 0.4) is 0 Å². The highest BCUT2D eigenvalue weighted by atomic mass is 16.4. The molecule has 0 aromatic carbocycles. The van der Waals surface area contributed by atoms with Crippen LogP contribution < -0.4 is 5.32 Å². The summed E-state index contributed by atoms with van der Waals surface area (Å²) < 4.78 is 1.76. The van der Waals surface area contributed by atoms with E-state index in [0.717, 1.165) is 18.5 Å². The minimum atomic E-state index is -0.846. The molecule has 104 valence electrons. The Morgan fingerprint density at radius 3 is 2.84 bits per heavy atom. The van der Waals surface area contributed by atoms with Crippen molar-refractivity contribution < 1.29 is 14.7 Å². The zero-order valence-electron chi connectivity index (χ0n) is 11.2. The molecule has 1 aliphatic carbocycles. The first-order valence-electron chi connectivity index (χ1n) is 6.53. The van der Waals surface area contributed by atoms with Gasteiger partial charge in [-0.3, -0.25) is 14.3 Å². The molecule has 0 bridgehead atoms. The molecule has 19 heavy (non-hydrogen) atoms. The number of aryl methyl sites for hydroxylation is 1. The first-order valence-corrected chi connectivity index (χ1v) is 6.53. The Balaban J connectivity index is 1.98. The van der Waals surface area contributed by atoms with E-state index in [1.807, 2.05) is 14.0 Å². The summed E-state index contributed by atoms with van der Waals surface area (Å²) in [6.45, 7) is 1.81. The molecule has 6 nitrogen and oxygen atoms in total. The van der Waals surface area contributed by atoms with Crippen LogP contribution in [-0.4, -0.2) is 32.8 Å². The van der Waals surface area contributed by atoms with E-state index in [-0.39, 0.29) is 18.4 Å². The summed E-state index contributed by atoms with van der Waals surface area (Å²) in [5.41, 5.74) is 1.61. The third kappa shape index (κ3) is 3.33. The predicted octanol–water partition coefficient (Wildman–Crippen LogP) is 1.28. The molecule has 1 heterocycles. The van der Waals surface area contributed by atoms with Crippen LogP contribution >= 0.6 is 0 Å². The molecule has 1 saturated carbocycles. The predicted molar refractivity (Wildman–Crippen MR) is 69.0 cm³/mol. The van der Waals surface area contributed by atoms with E-state index in [1.165, 1.54) is 0 Å². The summed E-state index contributed by atoms with van der Waals surface area (Å²) in [5.74, 6) is -0.559. The summed E-state index contributed by atoms with van der Waals surface area (Å²) in [6, 6.07) is -0.157. The number of aliphatic carboxylic acids is 1. The molecule has 1 aromatic heterocycles. The third-order valence-corrected chi connectivity index (χ3v) is 3.36. The van der Waals surface area contributed by atoms with Crippen LogP contribution in [0.5, 0.6) is 0 Å². The molecule has 1 atom stereocenters. The number of hydrogen-bond acceptors (Lipinski definition) is 3. The van der Waals surface area contributed by atoms with Crippen molar-refractivity contribution in [3.05, 3.63) is 17.5 Å². The largest absolute Gasteiger partial charge is 0.481 e. The lowest BCUT2D eigenvalue weighted by molar-refractivity contribution is -0.137. The average Bonchev–Trinajstić information content (AvgIpc) is 3.09. The summed E-state index contributed by atoms with van der Waals surface area (Å²) in [5, 5.41) is 15.6. The fraction of sp³-hybridized carbons (Fsp3) is 0.615. The first-order chi connectivity index (χ1) is 8.99. The smallest absolute Gasteiger partial charge is 0.303 e. The number of carboxylic acids is 1. The van der Waals surface area contributed by atoms with E-state index in [4.69, 9.17) is 5.11 Å². The maximum Gasteiger partial charge on any atom is 0.303 e. The third-order valence-electron chi connectivity index (χ3n) is 3.36. The van der Waals surface area contributed by atoms with Crippen LogP contribution in [-0.2, 0) is 11.8 Å². The SMILES string of the molecule is CC(CCC(=O)O)NC(=O)c1cnn(C)c1C1CC1. The van der Waals surface area contributed by atoms with E-state index >= 15 is 0 Å².